The molecule has 2 aliphatic rings. The second kappa shape index (κ2) is 6.63. The Labute approximate surface area is 160 Å². The molecule has 1 saturated heterocycles. The summed E-state index contributed by atoms with van der Waals surface area (Å²) in [6.07, 6.45) is 2.71. The summed E-state index contributed by atoms with van der Waals surface area (Å²) in [7, 11) is 0. The van der Waals surface area contributed by atoms with Gasteiger partial charge in [-0.05, 0) is 30.9 Å². The van der Waals surface area contributed by atoms with Gasteiger partial charge in [0.05, 0.1) is 11.5 Å². The molecule has 1 unspecified atom stereocenters. The van der Waals surface area contributed by atoms with Crippen molar-refractivity contribution >= 4 is 39.9 Å². The highest BCUT2D eigenvalue weighted by Gasteiger charge is 2.48. The number of benzene rings is 1. The maximum Gasteiger partial charge on any atom is 0.229 e. The van der Waals surface area contributed by atoms with E-state index in [0.717, 1.165) is 29.8 Å². The van der Waals surface area contributed by atoms with Crippen molar-refractivity contribution in [2.24, 2.45) is 5.92 Å². The molecule has 2 aromatic rings. The molecule has 1 aromatic heterocycles. The Morgan fingerprint density at radius 2 is 2.15 bits per heavy atom. The fourth-order valence-corrected chi connectivity index (χ4v) is 4.46. The summed E-state index contributed by atoms with van der Waals surface area (Å²) in [5.41, 5.74) is 0.567. The molecule has 0 spiro atoms. The highest BCUT2D eigenvalue weighted by atomic mass is 35.5. The van der Waals surface area contributed by atoms with Gasteiger partial charge in [0, 0.05) is 18.0 Å². The van der Waals surface area contributed by atoms with Crippen molar-refractivity contribution in [3.05, 3.63) is 39.9 Å². The normalized spacial score (nSPS) is 21.1. The zero-order valence-electron chi connectivity index (χ0n) is 14.4. The average Bonchev–Trinajstić information content (AvgIpc) is 3.06. The van der Waals surface area contributed by atoms with E-state index in [1.165, 1.54) is 11.3 Å². The molecular formula is C18H19ClN4O2S. The van der Waals surface area contributed by atoms with E-state index in [1.807, 2.05) is 31.2 Å². The van der Waals surface area contributed by atoms with Gasteiger partial charge < -0.3 is 5.32 Å². The number of halogens is 1. The fourth-order valence-electron chi connectivity index (χ4n) is 3.34. The fraction of sp³-hybridized carbons (Fsp3) is 0.444. The monoisotopic (exact) mass is 390 g/mol. The van der Waals surface area contributed by atoms with Crippen LogP contribution in [0.5, 0.6) is 0 Å². The van der Waals surface area contributed by atoms with Crippen molar-refractivity contribution in [3.63, 3.8) is 0 Å². The molecule has 2 fully saturated rings. The Bertz CT molecular complexity index is 864. The molecule has 1 saturated carbocycles. The van der Waals surface area contributed by atoms with E-state index < -0.39 is 0 Å². The van der Waals surface area contributed by atoms with E-state index in [-0.39, 0.29) is 29.7 Å². The number of aryl methyl sites for hydroxylation is 1. The largest absolute Gasteiger partial charge is 0.346 e. The van der Waals surface area contributed by atoms with Gasteiger partial charge >= 0.3 is 0 Å². The molecular weight excluding hydrogens is 372 g/mol. The number of carbonyl (C=O) groups is 2. The summed E-state index contributed by atoms with van der Waals surface area (Å²) in [6, 6.07) is 7.60. The Morgan fingerprint density at radius 1 is 1.38 bits per heavy atom. The van der Waals surface area contributed by atoms with Crippen molar-refractivity contribution < 1.29 is 9.59 Å². The SMILES string of the molecule is CCc1nnc(N2CC(C(=O)NC3(c4ccccc4Cl)CC3)CC2=O)s1. The third kappa shape index (κ3) is 3.10. The zero-order chi connectivity index (χ0) is 18.3. The number of amides is 2. The predicted octanol–water partition coefficient (Wildman–Crippen LogP) is 2.91. The van der Waals surface area contributed by atoms with Gasteiger partial charge in [0.2, 0.25) is 16.9 Å². The highest BCUT2D eigenvalue weighted by Crippen LogP contribution is 2.48. The summed E-state index contributed by atoms with van der Waals surface area (Å²) in [4.78, 5) is 26.7. The van der Waals surface area contributed by atoms with Crippen LogP contribution in [-0.2, 0) is 21.5 Å². The molecule has 0 radical (unpaired) electrons. The number of nitrogens with one attached hydrogen (secondary N) is 1. The summed E-state index contributed by atoms with van der Waals surface area (Å²) in [6.45, 7) is 2.34. The maximum absolute atomic E-state index is 12.8. The number of carbonyl (C=O) groups excluding carboxylic acids is 2. The second-order valence-electron chi connectivity index (χ2n) is 6.79. The van der Waals surface area contributed by atoms with Gasteiger partial charge in [0.1, 0.15) is 5.01 Å². The van der Waals surface area contributed by atoms with Crippen LogP contribution < -0.4 is 10.2 Å². The Balaban J connectivity index is 1.46. The first-order valence-corrected chi connectivity index (χ1v) is 9.91. The highest BCUT2D eigenvalue weighted by molar-refractivity contribution is 7.15. The molecule has 6 nitrogen and oxygen atoms in total. The summed E-state index contributed by atoms with van der Waals surface area (Å²) in [5, 5.41) is 13.4. The van der Waals surface area contributed by atoms with Gasteiger partial charge in [-0.2, -0.15) is 0 Å². The summed E-state index contributed by atoms with van der Waals surface area (Å²) < 4.78 is 0. The number of nitrogens with zero attached hydrogens (tertiary/aromatic N) is 3. The van der Waals surface area contributed by atoms with Crippen molar-refractivity contribution in [2.75, 3.05) is 11.4 Å². The van der Waals surface area contributed by atoms with Crippen molar-refractivity contribution in [3.8, 4) is 0 Å². The van der Waals surface area contributed by atoms with Crippen molar-refractivity contribution in [1.29, 1.82) is 0 Å². The lowest BCUT2D eigenvalue weighted by Gasteiger charge is -2.21. The Morgan fingerprint density at radius 3 is 2.81 bits per heavy atom. The molecule has 4 rings (SSSR count). The van der Waals surface area contributed by atoms with Crippen molar-refractivity contribution in [2.45, 2.75) is 38.1 Å². The first kappa shape index (κ1) is 17.4. The number of hydrogen-bond donors (Lipinski definition) is 1. The van der Waals surface area contributed by atoms with Gasteiger partial charge in [-0.3, -0.25) is 14.5 Å². The van der Waals surface area contributed by atoms with Gasteiger partial charge in [0.25, 0.3) is 0 Å². The van der Waals surface area contributed by atoms with Gasteiger partial charge in [-0.15, -0.1) is 10.2 Å². The molecule has 2 heterocycles. The summed E-state index contributed by atoms with van der Waals surface area (Å²) >= 11 is 7.71. The maximum atomic E-state index is 12.8. The van der Waals surface area contributed by atoms with Crippen LogP contribution in [0.4, 0.5) is 5.13 Å². The third-order valence-electron chi connectivity index (χ3n) is 4.99. The standard InChI is InChI=1S/C18H19ClN4O2S/c1-2-14-21-22-17(26-14)23-10-11(9-15(23)24)16(25)20-18(7-8-18)12-5-3-4-6-13(12)19/h3-6,11H,2,7-10H2,1H3,(H,20,25). The molecule has 26 heavy (non-hydrogen) atoms. The van der Waals surface area contributed by atoms with Gasteiger partial charge in [0.15, 0.2) is 0 Å². The quantitative estimate of drug-likeness (QED) is 0.851. The molecule has 136 valence electrons. The topological polar surface area (TPSA) is 75.2 Å². The van der Waals surface area contributed by atoms with Crippen LogP contribution in [0.25, 0.3) is 0 Å². The lowest BCUT2D eigenvalue weighted by atomic mass is 10.0. The Kier molecular flexibility index (Phi) is 4.44. The van der Waals surface area contributed by atoms with E-state index in [1.54, 1.807) is 4.90 Å². The van der Waals surface area contributed by atoms with Crippen LogP contribution in [0.15, 0.2) is 24.3 Å². The van der Waals surface area contributed by atoms with E-state index in [4.69, 9.17) is 11.6 Å². The van der Waals surface area contributed by atoms with Crippen LogP contribution >= 0.6 is 22.9 Å². The van der Waals surface area contributed by atoms with Gasteiger partial charge in [-0.25, -0.2) is 0 Å². The number of aromatic nitrogens is 2. The molecule has 8 heteroatoms. The summed E-state index contributed by atoms with van der Waals surface area (Å²) in [5.74, 6) is -0.554. The molecule has 0 bridgehead atoms. The van der Waals surface area contributed by atoms with Crippen LogP contribution in [0.3, 0.4) is 0 Å². The van der Waals surface area contributed by atoms with Crippen LogP contribution in [0.2, 0.25) is 5.02 Å². The number of hydrogen-bond acceptors (Lipinski definition) is 5. The van der Waals surface area contributed by atoms with Crippen LogP contribution in [-0.4, -0.2) is 28.6 Å². The lowest BCUT2D eigenvalue weighted by Crippen LogP contribution is -2.40. The minimum Gasteiger partial charge on any atom is -0.346 e. The van der Waals surface area contributed by atoms with Crippen molar-refractivity contribution in [1.82, 2.24) is 15.5 Å². The first-order chi connectivity index (χ1) is 12.5. The smallest absolute Gasteiger partial charge is 0.229 e. The minimum atomic E-state index is -0.385. The molecule has 2 amide bonds. The number of rotatable bonds is 5. The Hall–Kier alpha value is -1.99. The minimum absolute atomic E-state index is 0.0773. The third-order valence-corrected chi connectivity index (χ3v) is 6.41. The lowest BCUT2D eigenvalue weighted by molar-refractivity contribution is -0.127. The second-order valence-corrected chi connectivity index (χ2v) is 8.24. The van der Waals surface area contributed by atoms with E-state index in [0.29, 0.717) is 16.7 Å². The van der Waals surface area contributed by atoms with E-state index in [9.17, 15) is 9.59 Å². The molecule has 1 aromatic carbocycles. The van der Waals surface area contributed by atoms with E-state index in [2.05, 4.69) is 15.5 Å². The van der Waals surface area contributed by atoms with Crippen LogP contribution in [0, 0.1) is 5.92 Å². The average molecular weight is 391 g/mol. The van der Waals surface area contributed by atoms with E-state index >= 15 is 0 Å². The zero-order valence-corrected chi connectivity index (χ0v) is 15.9. The van der Waals surface area contributed by atoms with Crippen LogP contribution in [0.1, 0.15) is 36.8 Å². The predicted molar refractivity (Wildman–Crippen MR) is 100 cm³/mol. The molecule has 1 N–H and O–H groups in total. The number of anilines is 1. The molecule has 1 aliphatic carbocycles. The molecule has 1 aliphatic heterocycles. The molecule has 1 atom stereocenters. The first-order valence-electron chi connectivity index (χ1n) is 8.72. The van der Waals surface area contributed by atoms with Gasteiger partial charge in [-0.1, -0.05) is 48.1 Å².